The molecule has 0 saturated heterocycles. The Bertz CT molecular complexity index is 917. The SMILES string of the molecule is CCOC(=O)C=C(C)c1cc(OCc2ccccc2)cc(OCc2ccccc2)c1. The summed E-state index contributed by atoms with van der Waals surface area (Å²) in [5, 5.41) is 0. The highest BCUT2D eigenvalue weighted by molar-refractivity contribution is 5.91. The number of hydrogen-bond acceptors (Lipinski definition) is 4. The molecule has 0 heterocycles. The number of benzene rings is 3. The number of ether oxygens (including phenoxy) is 3. The van der Waals surface area contributed by atoms with Crippen molar-refractivity contribution in [3.63, 3.8) is 0 Å². The number of esters is 1. The van der Waals surface area contributed by atoms with Crippen LogP contribution in [0.4, 0.5) is 0 Å². The third-order valence-electron chi connectivity index (χ3n) is 4.45. The van der Waals surface area contributed by atoms with Crippen LogP contribution in [-0.4, -0.2) is 12.6 Å². The van der Waals surface area contributed by atoms with Crippen molar-refractivity contribution in [3.05, 3.63) is 102 Å². The lowest BCUT2D eigenvalue weighted by Gasteiger charge is -2.13. The minimum Gasteiger partial charge on any atom is -0.489 e. The van der Waals surface area contributed by atoms with Gasteiger partial charge in [0.15, 0.2) is 0 Å². The molecule has 0 fully saturated rings. The fourth-order valence-electron chi connectivity index (χ4n) is 2.89. The Morgan fingerprint density at radius 2 is 1.30 bits per heavy atom. The first-order valence-electron chi connectivity index (χ1n) is 9.98. The summed E-state index contributed by atoms with van der Waals surface area (Å²) >= 11 is 0. The van der Waals surface area contributed by atoms with Crippen molar-refractivity contribution in [1.29, 1.82) is 0 Å². The van der Waals surface area contributed by atoms with Crippen LogP contribution in [0.5, 0.6) is 11.5 Å². The predicted octanol–water partition coefficient (Wildman–Crippen LogP) is 5.81. The van der Waals surface area contributed by atoms with E-state index < -0.39 is 0 Å². The normalized spacial score (nSPS) is 11.1. The van der Waals surface area contributed by atoms with E-state index in [9.17, 15) is 4.79 Å². The van der Waals surface area contributed by atoms with E-state index in [0.717, 1.165) is 22.3 Å². The van der Waals surface area contributed by atoms with Gasteiger partial charge >= 0.3 is 5.97 Å². The Morgan fingerprint density at radius 3 is 1.77 bits per heavy atom. The summed E-state index contributed by atoms with van der Waals surface area (Å²) in [5.41, 5.74) is 3.78. The van der Waals surface area contributed by atoms with Crippen molar-refractivity contribution >= 4 is 11.5 Å². The Morgan fingerprint density at radius 1 is 0.800 bits per heavy atom. The van der Waals surface area contributed by atoms with Gasteiger partial charge in [-0.05, 0) is 48.2 Å². The molecule has 0 aromatic heterocycles. The molecule has 0 saturated carbocycles. The van der Waals surface area contributed by atoms with E-state index in [1.165, 1.54) is 6.08 Å². The van der Waals surface area contributed by atoms with Gasteiger partial charge in [-0.15, -0.1) is 0 Å². The van der Waals surface area contributed by atoms with E-state index in [2.05, 4.69) is 0 Å². The van der Waals surface area contributed by atoms with Crippen LogP contribution >= 0.6 is 0 Å². The first-order chi connectivity index (χ1) is 14.6. The summed E-state index contributed by atoms with van der Waals surface area (Å²) in [6.07, 6.45) is 1.49. The molecule has 0 unspecified atom stereocenters. The number of allylic oxidation sites excluding steroid dienone is 1. The lowest BCUT2D eigenvalue weighted by atomic mass is 10.1. The Hall–Kier alpha value is -3.53. The molecule has 0 bridgehead atoms. The summed E-state index contributed by atoms with van der Waals surface area (Å²) in [6.45, 7) is 4.89. The van der Waals surface area contributed by atoms with Crippen molar-refractivity contribution in [2.75, 3.05) is 6.61 Å². The van der Waals surface area contributed by atoms with Crippen LogP contribution in [0.15, 0.2) is 84.9 Å². The van der Waals surface area contributed by atoms with Gasteiger partial charge in [0.1, 0.15) is 24.7 Å². The third-order valence-corrected chi connectivity index (χ3v) is 4.45. The van der Waals surface area contributed by atoms with Crippen LogP contribution in [-0.2, 0) is 22.7 Å². The van der Waals surface area contributed by atoms with E-state index in [1.54, 1.807) is 6.92 Å². The molecule has 4 heteroatoms. The average Bonchev–Trinajstić information content (AvgIpc) is 2.78. The van der Waals surface area contributed by atoms with Crippen molar-refractivity contribution in [3.8, 4) is 11.5 Å². The molecule has 0 N–H and O–H groups in total. The van der Waals surface area contributed by atoms with Gasteiger partial charge in [0, 0.05) is 12.1 Å². The lowest BCUT2D eigenvalue weighted by Crippen LogP contribution is -2.01. The van der Waals surface area contributed by atoms with Gasteiger partial charge in [0.2, 0.25) is 0 Å². The van der Waals surface area contributed by atoms with Gasteiger partial charge in [0.05, 0.1) is 6.61 Å². The molecule has 0 spiro atoms. The Labute approximate surface area is 177 Å². The molecule has 0 aliphatic heterocycles. The van der Waals surface area contributed by atoms with Crippen LogP contribution < -0.4 is 9.47 Å². The molecule has 154 valence electrons. The summed E-state index contributed by atoms with van der Waals surface area (Å²) in [4.78, 5) is 11.9. The predicted molar refractivity (Wildman–Crippen MR) is 118 cm³/mol. The van der Waals surface area contributed by atoms with E-state index in [0.29, 0.717) is 31.3 Å². The largest absolute Gasteiger partial charge is 0.489 e. The van der Waals surface area contributed by atoms with Crippen LogP contribution in [0.2, 0.25) is 0 Å². The Kier molecular flexibility index (Phi) is 7.67. The van der Waals surface area contributed by atoms with Gasteiger partial charge in [-0.3, -0.25) is 0 Å². The smallest absolute Gasteiger partial charge is 0.331 e. The zero-order chi connectivity index (χ0) is 21.2. The quantitative estimate of drug-likeness (QED) is 0.335. The first-order valence-corrected chi connectivity index (χ1v) is 9.98. The number of carbonyl (C=O) groups is 1. The van der Waals surface area contributed by atoms with E-state index in [1.807, 2.05) is 85.8 Å². The zero-order valence-electron chi connectivity index (χ0n) is 17.3. The van der Waals surface area contributed by atoms with E-state index >= 15 is 0 Å². The number of hydrogen-bond donors (Lipinski definition) is 0. The highest BCUT2D eigenvalue weighted by atomic mass is 16.5. The topological polar surface area (TPSA) is 44.8 Å². The van der Waals surface area contributed by atoms with Crippen molar-refractivity contribution in [2.45, 2.75) is 27.1 Å². The highest BCUT2D eigenvalue weighted by Crippen LogP contribution is 2.28. The molecule has 3 aromatic carbocycles. The summed E-state index contributed by atoms with van der Waals surface area (Å²) < 4.78 is 17.0. The molecule has 0 aliphatic carbocycles. The maximum absolute atomic E-state index is 11.9. The van der Waals surface area contributed by atoms with Crippen LogP contribution in [0.25, 0.3) is 5.57 Å². The van der Waals surface area contributed by atoms with Gasteiger partial charge in [-0.1, -0.05) is 60.7 Å². The molecule has 3 aromatic rings. The minimum absolute atomic E-state index is 0.342. The van der Waals surface area contributed by atoms with E-state index in [4.69, 9.17) is 14.2 Å². The molecule has 4 nitrogen and oxygen atoms in total. The van der Waals surface area contributed by atoms with Crippen molar-refractivity contribution in [2.24, 2.45) is 0 Å². The van der Waals surface area contributed by atoms with Crippen LogP contribution in [0.1, 0.15) is 30.5 Å². The van der Waals surface area contributed by atoms with Gasteiger partial charge in [0.25, 0.3) is 0 Å². The molecule has 3 rings (SSSR count). The Balaban J connectivity index is 1.81. The second-order valence-corrected chi connectivity index (χ2v) is 6.82. The van der Waals surface area contributed by atoms with Crippen molar-refractivity contribution in [1.82, 2.24) is 0 Å². The molecule has 30 heavy (non-hydrogen) atoms. The second kappa shape index (κ2) is 10.9. The average molecular weight is 402 g/mol. The van der Waals surface area contributed by atoms with Crippen molar-refractivity contribution < 1.29 is 19.0 Å². The number of rotatable bonds is 9. The summed E-state index contributed by atoms with van der Waals surface area (Å²) in [6, 6.07) is 25.6. The molecule has 0 aliphatic rings. The molecule has 0 amide bonds. The van der Waals surface area contributed by atoms with Crippen LogP contribution in [0, 0.1) is 0 Å². The maximum atomic E-state index is 11.9. The summed E-state index contributed by atoms with van der Waals surface area (Å²) in [5.74, 6) is 0.990. The zero-order valence-corrected chi connectivity index (χ0v) is 17.3. The first kappa shape index (κ1) is 21.2. The maximum Gasteiger partial charge on any atom is 0.331 e. The standard InChI is InChI=1S/C26H26O4/c1-3-28-26(27)14-20(2)23-15-24(29-18-21-10-6-4-7-11-21)17-25(16-23)30-19-22-12-8-5-9-13-22/h4-17H,3,18-19H2,1-2H3. The lowest BCUT2D eigenvalue weighted by molar-refractivity contribution is -0.137. The highest BCUT2D eigenvalue weighted by Gasteiger charge is 2.08. The molecule has 0 radical (unpaired) electrons. The third kappa shape index (κ3) is 6.52. The van der Waals surface area contributed by atoms with Crippen LogP contribution in [0.3, 0.4) is 0 Å². The van der Waals surface area contributed by atoms with Gasteiger partial charge < -0.3 is 14.2 Å². The molecular formula is C26H26O4. The van der Waals surface area contributed by atoms with Gasteiger partial charge in [-0.25, -0.2) is 4.79 Å². The number of carbonyl (C=O) groups excluding carboxylic acids is 1. The second-order valence-electron chi connectivity index (χ2n) is 6.82. The molecular weight excluding hydrogens is 376 g/mol. The molecule has 0 atom stereocenters. The minimum atomic E-state index is -0.364. The fraction of sp³-hybridized carbons (Fsp3) is 0.192. The van der Waals surface area contributed by atoms with E-state index in [-0.39, 0.29) is 5.97 Å². The van der Waals surface area contributed by atoms with Gasteiger partial charge in [-0.2, -0.15) is 0 Å². The monoisotopic (exact) mass is 402 g/mol. The fourth-order valence-corrected chi connectivity index (χ4v) is 2.89. The summed E-state index contributed by atoms with van der Waals surface area (Å²) in [7, 11) is 0.